The highest BCUT2D eigenvalue weighted by Crippen LogP contribution is 2.21. The normalized spacial score (nSPS) is 24.8. The van der Waals surface area contributed by atoms with Crippen LogP contribution in [0.4, 0.5) is 5.82 Å². The predicted octanol–water partition coefficient (Wildman–Crippen LogP) is 1.06. The molecule has 1 aromatic heterocycles. The fraction of sp³-hybridized carbons (Fsp3) is 0.545. The largest absolute Gasteiger partial charge is 0.391 e. The summed E-state index contributed by atoms with van der Waals surface area (Å²) in [7, 11) is 0. The molecule has 0 amide bonds. The van der Waals surface area contributed by atoms with Crippen molar-refractivity contribution in [3.05, 3.63) is 18.1 Å². The van der Waals surface area contributed by atoms with Crippen LogP contribution in [0.5, 0.6) is 0 Å². The zero-order chi connectivity index (χ0) is 11.4. The van der Waals surface area contributed by atoms with Crippen molar-refractivity contribution in [2.24, 2.45) is 0 Å². The number of nitriles is 1. The standard InChI is InChI=1S/C11H14N4O/c12-5-8-6-14-11(7-13-8)15-9-3-1-2-4-10(9)16/h6-7,9-10,16H,1-4H2,(H,14,15)/t9-,10-/m0/s1. The quantitative estimate of drug-likeness (QED) is 0.775. The Balaban J connectivity index is 2.00. The fourth-order valence-corrected chi connectivity index (χ4v) is 1.93. The average Bonchev–Trinajstić information content (AvgIpc) is 2.33. The Bertz CT molecular complexity index is 384. The Kier molecular flexibility index (Phi) is 3.32. The number of hydrogen-bond acceptors (Lipinski definition) is 5. The zero-order valence-corrected chi connectivity index (χ0v) is 8.93. The first-order valence-electron chi connectivity index (χ1n) is 5.46. The molecule has 84 valence electrons. The van der Waals surface area contributed by atoms with Crippen LogP contribution in [-0.4, -0.2) is 27.2 Å². The van der Waals surface area contributed by atoms with Gasteiger partial charge in [-0.15, -0.1) is 0 Å². The molecule has 2 atom stereocenters. The van der Waals surface area contributed by atoms with Gasteiger partial charge in [0.05, 0.1) is 24.5 Å². The molecule has 16 heavy (non-hydrogen) atoms. The topological polar surface area (TPSA) is 81.8 Å². The average molecular weight is 218 g/mol. The van der Waals surface area contributed by atoms with Crippen molar-refractivity contribution in [3.63, 3.8) is 0 Å². The first-order chi connectivity index (χ1) is 7.79. The smallest absolute Gasteiger partial charge is 0.158 e. The lowest BCUT2D eigenvalue weighted by Crippen LogP contribution is -2.36. The Morgan fingerprint density at radius 2 is 2.12 bits per heavy atom. The summed E-state index contributed by atoms with van der Waals surface area (Å²) in [5, 5.41) is 21.5. The van der Waals surface area contributed by atoms with E-state index in [4.69, 9.17) is 5.26 Å². The molecule has 2 N–H and O–H groups in total. The summed E-state index contributed by atoms with van der Waals surface area (Å²) in [6.45, 7) is 0. The predicted molar refractivity (Wildman–Crippen MR) is 58.6 cm³/mol. The van der Waals surface area contributed by atoms with E-state index >= 15 is 0 Å². The molecule has 1 heterocycles. The van der Waals surface area contributed by atoms with Gasteiger partial charge in [-0.1, -0.05) is 12.8 Å². The number of aromatic nitrogens is 2. The summed E-state index contributed by atoms with van der Waals surface area (Å²) in [6.07, 6.45) is 6.63. The van der Waals surface area contributed by atoms with Crippen molar-refractivity contribution >= 4 is 5.82 Å². The Morgan fingerprint density at radius 1 is 1.31 bits per heavy atom. The van der Waals surface area contributed by atoms with Crippen LogP contribution in [0.25, 0.3) is 0 Å². The van der Waals surface area contributed by atoms with Gasteiger partial charge in [0.15, 0.2) is 5.69 Å². The summed E-state index contributed by atoms with van der Waals surface area (Å²) in [6, 6.07) is 1.97. The second-order valence-electron chi connectivity index (χ2n) is 4.00. The number of aliphatic hydroxyl groups excluding tert-OH is 1. The second kappa shape index (κ2) is 4.90. The van der Waals surface area contributed by atoms with Crippen LogP contribution in [0.15, 0.2) is 12.4 Å². The van der Waals surface area contributed by atoms with E-state index in [2.05, 4.69) is 15.3 Å². The first kappa shape index (κ1) is 10.8. The molecule has 1 fully saturated rings. The molecule has 0 unspecified atom stereocenters. The van der Waals surface area contributed by atoms with Gasteiger partial charge in [0.25, 0.3) is 0 Å². The number of nitrogens with zero attached hydrogens (tertiary/aromatic N) is 3. The fourth-order valence-electron chi connectivity index (χ4n) is 1.93. The van der Waals surface area contributed by atoms with Crippen LogP contribution in [-0.2, 0) is 0 Å². The van der Waals surface area contributed by atoms with Crippen molar-refractivity contribution < 1.29 is 5.11 Å². The van der Waals surface area contributed by atoms with Gasteiger partial charge >= 0.3 is 0 Å². The molecule has 5 heteroatoms. The maximum atomic E-state index is 9.77. The van der Waals surface area contributed by atoms with E-state index in [-0.39, 0.29) is 12.1 Å². The molecular formula is C11H14N4O. The Hall–Kier alpha value is -1.67. The monoisotopic (exact) mass is 218 g/mol. The molecule has 1 aliphatic carbocycles. The van der Waals surface area contributed by atoms with Gasteiger partial charge < -0.3 is 10.4 Å². The van der Waals surface area contributed by atoms with Crippen LogP contribution in [0.3, 0.4) is 0 Å². The zero-order valence-electron chi connectivity index (χ0n) is 8.93. The summed E-state index contributed by atoms with van der Waals surface area (Å²) in [5.41, 5.74) is 0.301. The lowest BCUT2D eigenvalue weighted by Gasteiger charge is -2.28. The molecule has 0 spiro atoms. The van der Waals surface area contributed by atoms with E-state index in [0.29, 0.717) is 11.5 Å². The Labute approximate surface area is 94.2 Å². The van der Waals surface area contributed by atoms with Crippen molar-refractivity contribution in [3.8, 4) is 6.07 Å². The third kappa shape index (κ3) is 2.47. The highest BCUT2D eigenvalue weighted by Gasteiger charge is 2.22. The maximum absolute atomic E-state index is 9.77. The van der Waals surface area contributed by atoms with Crippen LogP contribution in [0, 0.1) is 11.3 Å². The van der Waals surface area contributed by atoms with E-state index in [1.807, 2.05) is 6.07 Å². The Morgan fingerprint density at radius 3 is 2.75 bits per heavy atom. The number of aliphatic hydroxyl groups is 1. The number of anilines is 1. The summed E-state index contributed by atoms with van der Waals surface area (Å²) in [4.78, 5) is 7.99. The second-order valence-corrected chi connectivity index (χ2v) is 4.00. The molecule has 1 aromatic rings. The van der Waals surface area contributed by atoms with E-state index in [9.17, 15) is 5.11 Å². The molecule has 0 bridgehead atoms. The van der Waals surface area contributed by atoms with E-state index in [1.54, 1.807) is 0 Å². The lowest BCUT2D eigenvalue weighted by molar-refractivity contribution is 0.116. The molecule has 5 nitrogen and oxygen atoms in total. The van der Waals surface area contributed by atoms with Gasteiger partial charge in [-0.05, 0) is 12.8 Å². The van der Waals surface area contributed by atoms with Crippen molar-refractivity contribution in [2.45, 2.75) is 37.8 Å². The molecule has 1 aliphatic rings. The van der Waals surface area contributed by atoms with Gasteiger partial charge in [-0.3, -0.25) is 0 Å². The van der Waals surface area contributed by atoms with Crippen LogP contribution >= 0.6 is 0 Å². The molecule has 1 saturated carbocycles. The summed E-state index contributed by atoms with van der Waals surface area (Å²) >= 11 is 0. The maximum Gasteiger partial charge on any atom is 0.158 e. The minimum atomic E-state index is -0.314. The molecular weight excluding hydrogens is 204 g/mol. The lowest BCUT2D eigenvalue weighted by atomic mass is 9.93. The van der Waals surface area contributed by atoms with Gasteiger partial charge in [-0.2, -0.15) is 5.26 Å². The minimum Gasteiger partial charge on any atom is -0.391 e. The van der Waals surface area contributed by atoms with Gasteiger partial charge in [-0.25, -0.2) is 9.97 Å². The van der Waals surface area contributed by atoms with Crippen molar-refractivity contribution in [1.29, 1.82) is 5.26 Å². The third-order valence-electron chi connectivity index (χ3n) is 2.83. The van der Waals surface area contributed by atoms with E-state index in [0.717, 1.165) is 25.7 Å². The summed E-state index contributed by atoms with van der Waals surface area (Å²) < 4.78 is 0. The van der Waals surface area contributed by atoms with Crippen LogP contribution in [0.1, 0.15) is 31.4 Å². The molecule has 0 radical (unpaired) electrons. The van der Waals surface area contributed by atoms with Crippen molar-refractivity contribution in [2.75, 3.05) is 5.32 Å². The molecule has 0 aliphatic heterocycles. The van der Waals surface area contributed by atoms with E-state index < -0.39 is 0 Å². The number of nitrogens with one attached hydrogen (secondary N) is 1. The first-order valence-corrected chi connectivity index (χ1v) is 5.46. The van der Waals surface area contributed by atoms with E-state index in [1.165, 1.54) is 12.4 Å². The van der Waals surface area contributed by atoms with Gasteiger partial charge in [0.1, 0.15) is 11.9 Å². The highest BCUT2D eigenvalue weighted by molar-refractivity contribution is 5.34. The van der Waals surface area contributed by atoms with Crippen LogP contribution < -0.4 is 5.32 Å². The molecule has 0 saturated heterocycles. The third-order valence-corrected chi connectivity index (χ3v) is 2.83. The van der Waals surface area contributed by atoms with Crippen LogP contribution in [0.2, 0.25) is 0 Å². The van der Waals surface area contributed by atoms with Gasteiger partial charge in [0.2, 0.25) is 0 Å². The number of rotatable bonds is 2. The van der Waals surface area contributed by atoms with Crippen molar-refractivity contribution in [1.82, 2.24) is 9.97 Å². The summed E-state index contributed by atoms with van der Waals surface area (Å²) in [5.74, 6) is 0.616. The molecule has 0 aromatic carbocycles. The molecule has 2 rings (SSSR count). The highest BCUT2D eigenvalue weighted by atomic mass is 16.3. The SMILES string of the molecule is N#Cc1cnc(N[C@H]2CCCC[C@@H]2O)cn1. The number of hydrogen-bond donors (Lipinski definition) is 2. The minimum absolute atomic E-state index is 0.0518. The van der Waals surface area contributed by atoms with Gasteiger partial charge in [0, 0.05) is 0 Å².